The molecule has 2 rings (SSSR count). The van der Waals surface area contributed by atoms with Gasteiger partial charge in [0.2, 0.25) is 0 Å². The third-order valence-electron chi connectivity index (χ3n) is 3.50. The molecule has 0 atom stereocenters. The fourth-order valence-corrected chi connectivity index (χ4v) is 2.33. The summed E-state index contributed by atoms with van der Waals surface area (Å²) in [4.78, 5) is 0. The first kappa shape index (κ1) is 11.4. The van der Waals surface area contributed by atoms with Crippen molar-refractivity contribution in [3.8, 4) is 0 Å². The van der Waals surface area contributed by atoms with Crippen molar-refractivity contribution in [2.75, 3.05) is 11.9 Å². The maximum absolute atomic E-state index is 4.08. The number of hydrogen-bond acceptors (Lipinski definition) is 3. The van der Waals surface area contributed by atoms with Crippen molar-refractivity contribution >= 4 is 5.82 Å². The van der Waals surface area contributed by atoms with Gasteiger partial charge in [-0.3, -0.25) is 0 Å². The Bertz CT molecular complexity index is 330. The summed E-state index contributed by atoms with van der Waals surface area (Å²) in [6, 6.07) is 2.05. The van der Waals surface area contributed by atoms with Crippen LogP contribution in [-0.4, -0.2) is 16.7 Å². The Morgan fingerprint density at radius 2 is 2.06 bits per heavy atom. The minimum absolute atomic E-state index is 0.818. The molecule has 0 aromatic carbocycles. The van der Waals surface area contributed by atoms with Gasteiger partial charge >= 0.3 is 0 Å². The van der Waals surface area contributed by atoms with Gasteiger partial charge in [-0.2, -0.15) is 5.10 Å². The summed E-state index contributed by atoms with van der Waals surface area (Å²) in [5.74, 6) is 2.66. The topological polar surface area (TPSA) is 37.8 Å². The van der Waals surface area contributed by atoms with Crippen LogP contribution in [0.4, 0.5) is 5.82 Å². The molecule has 0 radical (unpaired) electrons. The molecule has 3 nitrogen and oxygen atoms in total. The van der Waals surface area contributed by atoms with Crippen LogP contribution in [-0.2, 0) is 0 Å². The zero-order chi connectivity index (χ0) is 11.4. The quantitative estimate of drug-likeness (QED) is 0.849. The van der Waals surface area contributed by atoms with Crippen LogP contribution in [0.2, 0.25) is 0 Å². The average Bonchev–Trinajstić information content (AvgIpc) is 2.28. The van der Waals surface area contributed by atoms with Crippen molar-refractivity contribution in [1.82, 2.24) is 10.2 Å². The van der Waals surface area contributed by atoms with E-state index in [1.165, 1.54) is 25.7 Å². The Hall–Kier alpha value is -1.12. The van der Waals surface area contributed by atoms with Gasteiger partial charge in [-0.25, -0.2) is 0 Å². The second-order valence-electron chi connectivity index (χ2n) is 5.12. The highest BCUT2D eigenvalue weighted by atomic mass is 15.2. The Morgan fingerprint density at radius 1 is 1.31 bits per heavy atom. The van der Waals surface area contributed by atoms with Crippen LogP contribution in [0.3, 0.4) is 0 Å². The molecule has 1 fully saturated rings. The number of nitrogens with zero attached hydrogens (tertiary/aromatic N) is 2. The zero-order valence-electron chi connectivity index (χ0n) is 10.2. The van der Waals surface area contributed by atoms with Crippen LogP contribution in [0.1, 0.15) is 38.2 Å². The van der Waals surface area contributed by atoms with Gasteiger partial charge in [-0.05, 0) is 43.2 Å². The van der Waals surface area contributed by atoms with E-state index in [1.807, 2.05) is 6.92 Å². The number of hydrogen-bond donors (Lipinski definition) is 1. The predicted octanol–water partition coefficient (Wildman–Crippen LogP) is 3.02. The van der Waals surface area contributed by atoms with Gasteiger partial charge in [-0.1, -0.05) is 19.8 Å². The van der Waals surface area contributed by atoms with Crippen LogP contribution >= 0.6 is 0 Å². The maximum Gasteiger partial charge on any atom is 0.148 e. The number of aryl methyl sites for hydroxylation is 1. The fraction of sp³-hybridized carbons (Fsp3) is 0.692. The van der Waals surface area contributed by atoms with E-state index in [2.05, 4.69) is 28.5 Å². The van der Waals surface area contributed by atoms with Gasteiger partial charge < -0.3 is 5.32 Å². The standard InChI is InChI=1S/C13H21N3/c1-10-3-5-12(6-4-10)9-14-13-7-11(2)8-15-16-13/h7-8,10,12H,3-6,9H2,1-2H3,(H,14,16). The smallest absolute Gasteiger partial charge is 0.148 e. The summed E-state index contributed by atoms with van der Waals surface area (Å²) in [5.41, 5.74) is 1.16. The lowest BCUT2D eigenvalue weighted by molar-refractivity contribution is 0.300. The molecule has 0 amide bonds. The number of aromatic nitrogens is 2. The molecule has 1 heterocycles. The summed E-state index contributed by atoms with van der Waals surface area (Å²) in [5, 5.41) is 11.4. The molecule has 16 heavy (non-hydrogen) atoms. The van der Waals surface area contributed by atoms with Crippen LogP contribution < -0.4 is 5.32 Å². The highest BCUT2D eigenvalue weighted by molar-refractivity contribution is 5.34. The van der Waals surface area contributed by atoms with Gasteiger partial charge in [0, 0.05) is 6.54 Å². The molecular weight excluding hydrogens is 198 g/mol. The van der Waals surface area contributed by atoms with Crippen molar-refractivity contribution < 1.29 is 0 Å². The van der Waals surface area contributed by atoms with Crippen LogP contribution in [0, 0.1) is 18.8 Å². The molecule has 0 aliphatic heterocycles. The van der Waals surface area contributed by atoms with Gasteiger partial charge in [0.25, 0.3) is 0 Å². The molecule has 1 N–H and O–H groups in total. The summed E-state index contributed by atoms with van der Waals surface area (Å²) in [7, 11) is 0. The van der Waals surface area contributed by atoms with E-state index in [1.54, 1.807) is 6.20 Å². The molecule has 1 aliphatic carbocycles. The van der Waals surface area contributed by atoms with E-state index in [-0.39, 0.29) is 0 Å². The molecule has 1 aromatic heterocycles. The highest BCUT2D eigenvalue weighted by Gasteiger charge is 2.17. The lowest BCUT2D eigenvalue weighted by atomic mass is 9.83. The minimum atomic E-state index is 0.818. The third-order valence-corrected chi connectivity index (χ3v) is 3.50. The highest BCUT2D eigenvalue weighted by Crippen LogP contribution is 2.28. The first-order valence-corrected chi connectivity index (χ1v) is 6.27. The SMILES string of the molecule is Cc1cnnc(NCC2CCC(C)CC2)c1. The van der Waals surface area contributed by atoms with Crippen molar-refractivity contribution in [2.24, 2.45) is 11.8 Å². The van der Waals surface area contributed by atoms with Crippen molar-refractivity contribution in [3.05, 3.63) is 17.8 Å². The average molecular weight is 219 g/mol. The van der Waals surface area contributed by atoms with Gasteiger partial charge in [-0.15, -0.1) is 5.10 Å². The molecule has 3 heteroatoms. The van der Waals surface area contributed by atoms with Crippen molar-refractivity contribution in [1.29, 1.82) is 0 Å². The largest absolute Gasteiger partial charge is 0.368 e. The predicted molar refractivity (Wildman–Crippen MR) is 66.4 cm³/mol. The van der Waals surface area contributed by atoms with E-state index in [0.717, 1.165) is 29.8 Å². The second kappa shape index (κ2) is 5.28. The summed E-state index contributed by atoms with van der Waals surface area (Å²) in [6.45, 7) is 5.45. The van der Waals surface area contributed by atoms with Crippen LogP contribution in [0.25, 0.3) is 0 Å². The van der Waals surface area contributed by atoms with Gasteiger partial charge in [0.15, 0.2) is 0 Å². The number of anilines is 1. The lowest BCUT2D eigenvalue weighted by Gasteiger charge is -2.26. The van der Waals surface area contributed by atoms with E-state index in [9.17, 15) is 0 Å². The van der Waals surface area contributed by atoms with Crippen molar-refractivity contribution in [2.45, 2.75) is 39.5 Å². The first-order valence-electron chi connectivity index (χ1n) is 6.27. The second-order valence-corrected chi connectivity index (χ2v) is 5.12. The molecule has 1 saturated carbocycles. The maximum atomic E-state index is 4.08. The number of rotatable bonds is 3. The Kier molecular flexibility index (Phi) is 3.75. The monoisotopic (exact) mass is 219 g/mol. The molecular formula is C13H21N3. The molecule has 1 aromatic rings. The molecule has 88 valence electrons. The normalized spacial score (nSPS) is 25.4. The van der Waals surface area contributed by atoms with Crippen LogP contribution in [0.5, 0.6) is 0 Å². The molecule has 0 spiro atoms. The lowest BCUT2D eigenvalue weighted by Crippen LogP contribution is -2.20. The van der Waals surface area contributed by atoms with E-state index in [4.69, 9.17) is 0 Å². The van der Waals surface area contributed by atoms with Gasteiger partial charge in [0.1, 0.15) is 5.82 Å². The molecule has 0 unspecified atom stereocenters. The minimum Gasteiger partial charge on any atom is -0.368 e. The first-order chi connectivity index (χ1) is 7.74. The fourth-order valence-electron chi connectivity index (χ4n) is 2.33. The Labute approximate surface area is 97.7 Å². The molecule has 0 bridgehead atoms. The Balaban J connectivity index is 1.79. The molecule has 1 aliphatic rings. The Morgan fingerprint density at radius 3 is 2.75 bits per heavy atom. The summed E-state index contributed by atoms with van der Waals surface area (Å²) >= 11 is 0. The van der Waals surface area contributed by atoms with E-state index in [0.29, 0.717) is 0 Å². The molecule has 0 saturated heterocycles. The summed E-state index contributed by atoms with van der Waals surface area (Å²) < 4.78 is 0. The summed E-state index contributed by atoms with van der Waals surface area (Å²) in [6.07, 6.45) is 7.26. The number of nitrogens with one attached hydrogen (secondary N) is 1. The van der Waals surface area contributed by atoms with Crippen molar-refractivity contribution in [3.63, 3.8) is 0 Å². The third kappa shape index (κ3) is 3.19. The van der Waals surface area contributed by atoms with E-state index >= 15 is 0 Å². The van der Waals surface area contributed by atoms with Gasteiger partial charge in [0.05, 0.1) is 6.20 Å². The zero-order valence-corrected chi connectivity index (χ0v) is 10.2. The van der Waals surface area contributed by atoms with Crippen LogP contribution in [0.15, 0.2) is 12.3 Å². The van der Waals surface area contributed by atoms with E-state index < -0.39 is 0 Å².